The number of hydrogen-bond donors (Lipinski definition) is 2. The van der Waals surface area contributed by atoms with Gasteiger partial charge in [-0.2, -0.15) is 0 Å². The molecule has 3 aromatic rings. The van der Waals surface area contributed by atoms with Crippen molar-refractivity contribution in [3.8, 4) is 0 Å². The summed E-state index contributed by atoms with van der Waals surface area (Å²) in [5.74, 6) is 0.112. The topological polar surface area (TPSA) is 66.9 Å². The molecular weight excluding hydrogens is 380 g/mol. The number of carbonyl (C=O) groups is 1. The van der Waals surface area contributed by atoms with Crippen molar-refractivity contribution in [2.75, 3.05) is 10.6 Å². The fraction of sp³-hybridized carbons (Fsp3) is 0.105. The van der Waals surface area contributed by atoms with Gasteiger partial charge in [0, 0.05) is 22.0 Å². The third-order valence-electron chi connectivity index (χ3n) is 3.64. The van der Waals surface area contributed by atoms with Crippen molar-refractivity contribution in [3.05, 3.63) is 76.5 Å². The quantitative estimate of drug-likeness (QED) is 0.649. The Labute approximate surface area is 154 Å². The van der Waals surface area contributed by atoms with Gasteiger partial charge >= 0.3 is 0 Å². The van der Waals surface area contributed by atoms with E-state index in [0.717, 1.165) is 27.8 Å². The number of hydrogen-bond acceptors (Lipinski definition) is 4. The van der Waals surface area contributed by atoms with Gasteiger partial charge in [-0.05, 0) is 48.4 Å². The van der Waals surface area contributed by atoms with Gasteiger partial charge in [0.15, 0.2) is 0 Å². The maximum absolute atomic E-state index is 12.5. The zero-order valence-corrected chi connectivity index (χ0v) is 15.2. The first-order valence-corrected chi connectivity index (χ1v) is 8.70. The van der Waals surface area contributed by atoms with Gasteiger partial charge in [0.05, 0.1) is 0 Å². The van der Waals surface area contributed by atoms with Crippen LogP contribution in [0.15, 0.2) is 65.3 Å². The van der Waals surface area contributed by atoms with Crippen LogP contribution in [0.1, 0.15) is 23.0 Å². The highest BCUT2D eigenvalue weighted by molar-refractivity contribution is 9.10. The Bertz CT molecular complexity index is 881. The lowest BCUT2D eigenvalue weighted by atomic mass is 10.1. The first-order valence-electron chi connectivity index (χ1n) is 7.90. The van der Waals surface area contributed by atoms with Crippen molar-refractivity contribution < 1.29 is 4.79 Å². The molecule has 1 amide bonds. The molecule has 2 aromatic carbocycles. The van der Waals surface area contributed by atoms with Crippen molar-refractivity contribution in [1.82, 2.24) is 9.97 Å². The summed E-state index contributed by atoms with van der Waals surface area (Å²) in [6, 6.07) is 17.0. The zero-order valence-electron chi connectivity index (χ0n) is 13.7. The van der Waals surface area contributed by atoms with Crippen molar-refractivity contribution >= 4 is 39.2 Å². The van der Waals surface area contributed by atoms with Crippen LogP contribution in [0.25, 0.3) is 0 Å². The summed E-state index contributed by atoms with van der Waals surface area (Å²) < 4.78 is 0.988. The van der Waals surface area contributed by atoms with Gasteiger partial charge in [-0.15, -0.1) is 0 Å². The van der Waals surface area contributed by atoms with Crippen LogP contribution in [-0.2, 0) is 6.42 Å². The SMILES string of the molecule is CCc1ccccc1NC(=O)c1ccnc(Nc2ccc(Br)cc2)n1. The van der Waals surface area contributed by atoms with E-state index < -0.39 is 0 Å². The van der Waals surface area contributed by atoms with Gasteiger partial charge < -0.3 is 10.6 Å². The van der Waals surface area contributed by atoms with Crippen LogP contribution in [0.5, 0.6) is 0 Å². The average molecular weight is 397 g/mol. The second kappa shape index (κ2) is 7.90. The maximum atomic E-state index is 12.5. The van der Waals surface area contributed by atoms with Crippen molar-refractivity contribution in [3.63, 3.8) is 0 Å². The smallest absolute Gasteiger partial charge is 0.274 e. The van der Waals surface area contributed by atoms with E-state index in [4.69, 9.17) is 0 Å². The highest BCUT2D eigenvalue weighted by atomic mass is 79.9. The number of anilines is 3. The minimum Gasteiger partial charge on any atom is -0.324 e. The molecular formula is C19H17BrN4O. The van der Waals surface area contributed by atoms with Crippen LogP contribution in [0, 0.1) is 0 Å². The van der Waals surface area contributed by atoms with Crippen molar-refractivity contribution in [2.45, 2.75) is 13.3 Å². The molecule has 0 spiro atoms. The number of amides is 1. The fourth-order valence-corrected chi connectivity index (χ4v) is 2.61. The Hall–Kier alpha value is -2.73. The van der Waals surface area contributed by atoms with E-state index in [0.29, 0.717) is 11.6 Å². The molecule has 0 saturated heterocycles. The molecule has 0 saturated carbocycles. The molecule has 0 aliphatic carbocycles. The van der Waals surface area contributed by atoms with Crippen LogP contribution < -0.4 is 10.6 Å². The predicted molar refractivity (Wildman–Crippen MR) is 103 cm³/mol. The minimum absolute atomic E-state index is 0.262. The third kappa shape index (κ3) is 4.42. The van der Waals surface area contributed by atoms with E-state index in [2.05, 4.69) is 43.5 Å². The average Bonchev–Trinajstić information content (AvgIpc) is 2.64. The van der Waals surface area contributed by atoms with E-state index >= 15 is 0 Å². The first kappa shape index (κ1) is 17.1. The van der Waals surface area contributed by atoms with Gasteiger partial charge in [0.25, 0.3) is 5.91 Å². The number of nitrogens with one attached hydrogen (secondary N) is 2. The van der Waals surface area contributed by atoms with Gasteiger partial charge in [-0.1, -0.05) is 41.1 Å². The van der Waals surface area contributed by atoms with Crippen LogP contribution in [0.4, 0.5) is 17.3 Å². The Morgan fingerprint density at radius 3 is 2.60 bits per heavy atom. The molecule has 1 heterocycles. The normalized spacial score (nSPS) is 10.3. The van der Waals surface area contributed by atoms with E-state index in [1.54, 1.807) is 12.3 Å². The fourth-order valence-electron chi connectivity index (χ4n) is 2.34. The van der Waals surface area contributed by atoms with Gasteiger partial charge in [-0.25, -0.2) is 9.97 Å². The zero-order chi connectivity index (χ0) is 17.6. The molecule has 0 bridgehead atoms. The molecule has 25 heavy (non-hydrogen) atoms. The monoisotopic (exact) mass is 396 g/mol. The lowest BCUT2D eigenvalue weighted by Gasteiger charge is -2.10. The Balaban J connectivity index is 1.76. The molecule has 0 atom stereocenters. The predicted octanol–water partition coefficient (Wildman–Crippen LogP) is 4.80. The number of para-hydroxylation sites is 1. The Morgan fingerprint density at radius 2 is 1.84 bits per heavy atom. The summed E-state index contributed by atoms with van der Waals surface area (Å²) in [5, 5.41) is 6.00. The van der Waals surface area contributed by atoms with E-state index in [9.17, 15) is 4.79 Å². The summed E-state index contributed by atoms with van der Waals surface area (Å²) in [6.07, 6.45) is 2.41. The third-order valence-corrected chi connectivity index (χ3v) is 4.16. The van der Waals surface area contributed by atoms with Crippen LogP contribution in [0.2, 0.25) is 0 Å². The number of aryl methyl sites for hydroxylation is 1. The number of benzene rings is 2. The minimum atomic E-state index is -0.262. The highest BCUT2D eigenvalue weighted by Gasteiger charge is 2.11. The molecule has 5 nitrogen and oxygen atoms in total. The summed E-state index contributed by atoms with van der Waals surface area (Å²) in [4.78, 5) is 21.0. The lowest BCUT2D eigenvalue weighted by molar-refractivity contribution is 0.102. The molecule has 0 aliphatic heterocycles. The second-order valence-electron chi connectivity index (χ2n) is 5.36. The number of rotatable bonds is 5. The summed E-state index contributed by atoms with van der Waals surface area (Å²) in [6.45, 7) is 2.05. The van der Waals surface area contributed by atoms with Crippen LogP contribution in [-0.4, -0.2) is 15.9 Å². The molecule has 2 N–H and O–H groups in total. The molecule has 126 valence electrons. The summed E-state index contributed by atoms with van der Waals surface area (Å²) >= 11 is 3.39. The van der Waals surface area contributed by atoms with E-state index in [-0.39, 0.29) is 5.91 Å². The summed E-state index contributed by atoms with van der Waals surface area (Å²) in [5.41, 5.74) is 3.03. The molecule has 0 aliphatic rings. The molecule has 0 radical (unpaired) electrons. The van der Waals surface area contributed by atoms with E-state index in [1.807, 2.05) is 48.5 Å². The largest absolute Gasteiger partial charge is 0.324 e. The van der Waals surface area contributed by atoms with Gasteiger partial charge in [-0.3, -0.25) is 4.79 Å². The Morgan fingerprint density at radius 1 is 1.08 bits per heavy atom. The van der Waals surface area contributed by atoms with Gasteiger partial charge in [0.2, 0.25) is 5.95 Å². The van der Waals surface area contributed by atoms with E-state index in [1.165, 1.54) is 0 Å². The van der Waals surface area contributed by atoms with Crippen LogP contribution >= 0.6 is 15.9 Å². The number of halogens is 1. The molecule has 3 rings (SSSR count). The van der Waals surface area contributed by atoms with Crippen molar-refractivity contribution in [2.24, 2.45) is 0 Å². The van der Waals surface area contributed by atoms with Crippen molar-refractivity contribution in [1.29, 1.82) is 0 Å². The number of carbonyl (C=O) groups excluding carboxylic acids is 1. The summed E-state index contributed by atoms with van der Waals surface area (Å²) in [7, 11) is 0. The molecule has 1 aromatic heterocycles. The lowest BCUT2D eigenvalue weighted by Crippen LogP contribution is -2.15. The number of nitrogens with zero attached hydrogens (tertiary/aromatic N) is 2. The molecule has 0 unspecified atom stereocenters. The molecule has 0 fully saturated rings. The maximum Gasteiger partial charge on any atom is 0.274 e. The second-order valence-corrected chi connectivity index (χ2v) is 6.28. The number of aromatic nitrogens is 2. The first-order chi connectivity index (χ1) is 12.2. The molecule has 6 heteroatoms. The van der Waals surface area contributed by atoms with Crippen LogP contribution in [0.3, 0.4) is 0 Å². The highest BCUT2D eigenvalue weighted by Crippen LogP contribution is 2.18. The Kier molecular flexibility index (Phi) is 5.40. The van der Waals surface area contributed by atoms with Gasteiger partial charge in [0.1, 0.15) is 5.69 Å². The standard InChI is InChI=1S/C19H17BrN4O/c1-2-13-5-3-4-6-16(13)23-18(25)17-11-12-21-19(24-17)22-15-9-7-14(20)8-10-15/h3-12H,2H2,1H3,(H,23,25)(H,21,22,24).